The van der Waals surface area contributed by atoms with E-state index in [9.17, 15) is 14.0 Å². The van der Waals surface area contributed by atoms with Crippen LogP contribution in [0.2, 0.25) is 0 Å². The molecule has 0 bridgehead atoms. The van der Waals surface area contributed by atoms with E-state index >= 15 is 0 Å². The van der Waals surface area contributed by atoms with Crippen LogP contribution in [0.5, 0.6) is 5.75 Å². The number of carboxylic acid groups (broad SMARTS) is 1. The number of anilines is 1. The Morgan fingerprint density at radius 3 is 2.52 bits per heavy atom. The van der Waals surface area contributed by atoms with Crippen molar-refractivity contribution in [2.24, 2.45) is 0 Å². The molecule has 0 radical (unpaired) electrons. The topological polar surface area (TPSA) is 75.6 Å². The summed E-state index contributed by atoms with van der Waals surface area (Å²) < 4.78 is 18.6. The zero-order valence-corrected chi connectivity index (χ0v) is 13.7. The smallest absolute Gasteiger partial charge is 0.339 e. The van der Waals surface area contributed by atoms with Crippen LogP contribution in [0, 0.1) is 5.82 Å². The second-order valence-corrected chi connectivity index (χ2v) is 6.12. The summed E-state index contributed by atoms with van der Waals surface area (Å²) in [4.78, 5) is 24.0. The molecule has 1 aliphatic rings. The highest BCUT2D eigenvalue weighted by Gasteiger charge is 2.45. The van der Waals surface area contributed by atoms with Gasteiger partial charge in [0.15, 0.2) is 0 Å². The number of aromatic carboxylic acids is 1. The number of benzene rings is 2. The van der Waals surface area contributed by atoms with Gasteiger partial charge < -0.3 is 15.2 Å². The maximum Gasteiger partial charge on any atom is 0.339 e. The fourth-order valence-electron chi connectivity index (χ4n) is 3.16. The third-order valence-electron chi connectivity index (χ3n) is 4.71. The summed E-state index contributed by atoms with van der Waals surface area (Å²) in [6.07, 6.45) is 2.18. The molecule has 0 unspecified atom stereocenters. The van der Waals surface area contributed by atoms with Gasteiger partial charge in [-0.1, -0.05) is 18.6 Å². The number of hydrogen-bond donors (Lipinski definition) is 2. The zero-order chi connectivity index (χ0) is 18.0. The van der Waals surface area contributed by atoms with E-state index in [1.807, 2.05) is 0 Å². The summed E-state index contributed by atoms with van der Waals surface area (Å²) >= 11 is 0. The van der Waals surface area contributed by atoms with E-state index < -0.39 is 11.4 Å². The lowest BCUT2D eigenvalue weighted by molar-refractivity contribution is -0.124. The average molecular weight is 343 g/mol. The van der Waals surface area contributed by atoms with Crippen LogP contribution >= 0.6 is 0 Å². The first-order chi connectivity index (χ1) is 12.0. The molecule has 1 saturated carbocycles. The maximum absolute atomic E-state index is 13.6. The lowest BCUT2D eigenvalue weighted by Crippen LogP contribution is -2.46. The molecule has 1 amide bonds. The number of carbonyl (C=O) groups is 2. The summed E-state index contributed by atoms with van der Waals surface area (Å²) in [5.41, 5.74) is 0.366. The number of halogens is 1. The Labute approximate surface area is 144 Å². The number of carboxylic acids is 1. The van der Waals surface area contributed by atoms with Crippen molar-refractivity contribution in [1.82, 2.24) is 0 Å². The molecule has 0 saturated heterocycles. The molecule has 0 atom stereocenters. The van der Waals surface area contributed by atoms with Crippen molar-refractivity contribution >= 4 is 17.6 Å². The lowest BCUT2D eigenvalue weighted by atomic mass is 9.63. The number of rotatable bonds is 5. The molecule has 25 heavy (non-hydrogen) atoms. The van der Waals surface area contributed by atoms with Crippen LogP contribution < -0.4 is 10.1 Å². The molecule has 0 heterocycles. The Bertz CT molecular complexity index is 830. The van der Waals surface area contributed by atoms with E-state index in [0.717, 1.165) is 6.42 Å². The Kier molecular flexibility index (Phi) is 4.44. The van der Waals surface area contributed by atoms with Crippen molar-refractivity contribution in [3.8, 4) is 5.75 Å². The van der Waals surface area contributed by atoms with Gasteiger partial charge in [0.25, 0.3) is 0 Å². The Hall–Kier alpha value is -2.89. The average Bonchev–Trinajstić information content (AvgIpc) is 2.53. The highest BCUT2D eigenvalue weighted by Crippen LogP contribution is 2.44. The molecular formula is C19H18FNO4. The molecule has 0 aliphatic heterocycles. The molecule has 2 aromatic carbocycles. The van der Waals surface area contributed by atoms with Crippen LogP contribution in [0.25, 0.3) is 0 Å². The third kappa shape index (κ3) is 3.07. The second kappa shape index (κ2) is 6.55. The van der Waals surface area contributed by atoms with Crippen LogP contribution in [0.15, 0.2) is 42.5 Å². The first kappa shape index (κ1) is 17.0. The van der Waals surface area contributed by atoms with Crippen molar-refractivity contribution in [1.29, 1.82) is 0 Å². The SMILES string of the molecule is COc1cc(NC(=O)C2(c3cccc(F)c3)CCC2)ccc1C(=O)O. The van der Waals surface area contributed by atoms with Crippen molar-refractivity contribution in [3.05, 3.63) is 59.4 Å². The van der Waals surface area contributed by atoms with Crippen LogP contribution in [0.1, 0.15) is 35.2 Å². The quantitative estimate of drug-likeness (QED) is 0.870. The number of hydrogen-bond acceptors (Lipinski definition) is 3. The molecule has 1 aliphatic carbocycles. The monoisotopic (exact) mass is 343 g/mol. The summed E-state index contributed by atoms with van der Waals surface area (Å²) in [6.45, 7) is 0. The normalized spacial score (nSPS) is 15.1. The first-order valence-electron chi connectivity index (χ1n) is 7.95. The largest absolute Gasteiger partial charge is 0.496 e. The second-order valence-electron chi connectivity index (χ2n) is 6.12. The fourth-order valence-corrected chi connectivity index (χ4v) is 3.16. The molecule has 1 fully saturated rings. The predicted molar refractivity (Wildman–Crippen MR) is 90.5 cm³/mol. The minimum absolute atomic E-state index is 0.0176. The van der Waals surface area contributed by atoms with Crippen LogP contribution in [0.3, 0.4) is 0 Å². The van der Waals surface area contributed by atoms with Crippen molar-refractivity contribution < 1.29 is 23.8 Å². The molecule has 0 spiro atoms. The number of carbonyl (C=O) groups excluding carboxylic acids is 1. The zero-order valence-electron chi connectivity index (χ0n) is 13.7. The number of ether oxygens (including phenoxy) is 1. The van der Waals surface area contributed by atoms with Crippen LogP contribution in [0.4, 0.5) is 10.1 Å². The van der Waals surface area contributed by atoms with E-state index in [4.69, 9.17) is 9.84 Å². The number of nitrogens with one attached hydrogen (secondary N) is 1. The third-order valence-corrected chi connectivity index (χ3v) is 4.71. The molecule has 2 N–H and O–H groups in total. The molecule has 3 rings (SSSR count). The van der Waals surface area contributed by atoms with Crippen LogP contribution in [-0.4, -0.2) is 24.1 Å². The molecule has 130 valence electrons. The number of methoxy groups -OCH3 is 1. The van der Waals surface area contributed by atoms with E-state index in [1.54, 1.807) is 12.1 Å². The Morgan fingerprint density at radius 1 is 1.20 bits per heavy atom. The summed E-state index contributed by atoms with van der Waals surface area (Å²) in [5.74, 6) is -1.54. The van der Waals surface area contributed by atoms with Crippen molar-refractivity contribution in [2.75, 3.05) is 12.4 Å². The van der Waals surface area contributed by atoms with Gasteiger partial charge in [0.2, 0.25) is 5.91 Å². The van der Waals surface area contributed by atoms with Gasteiger partial charge in [-0.25, -0.2) is 9.18 Å². The van der Waals surface area contributed by atoms with E-state index in [-0.39, 0.29) is 23.0 Å². The van der Waals surface area contributed by atoms with E-state index in [0.29, 0.717) is 24.1 Å². The highest BCUT2D eigenvalue weighted by molar-refractivity contribution is 6.00. The van der Waals surface area contributed by atoms with Gasteiger partial charge in [-0.05, 0) is 42.7 Å². The minimum Gasteiger partial charge on any atom is -0.496 e. The molecule has 6 heteroatoms. The molecule has 0 aromatic heterocycles. The summed E-state index contributed by atoms with van der Waals surface area (Å²) in [6, 6.07) is 10.5. The minimum atomic E-state index is -1.11. The lowest BCUT2D eigenvalue weighted by Gasteiger charge is -2.40. The van der Waals surface area contributed by atoms with Gasteiger partial charge in [-0.3, -0.25) is 4.79 Å². The Morgan fingerprint density at radius 2 is 1.96 bits per heavy atom. The fraction of sp³-hybridized carbons (Fsp3) is 0.263. The first-order valence-corrected chi connectivity index (χ1v) is 7.95. The summed E-state index contributed by atoms with van der Waals surface area (Å²) in [7, 11) is 1.37. The van der Waals surface area contributed by atoms with E-state index in [2.05, 4.69) is 5.32 Å². The standard InChI is InChI=1S/C19H18FNO4/c1-25-16-11-14(6-7-15(16)17(22)23)21-18(24)19(8-3-9-19)12-4-2-5-13(20)10-12/h2,4-7,10-11H,3,8-9H2,1H3,(H,21,24)(H,22,23). The highest BCUT2D eigenvalue weighted by atomic mass is 19.1. The van der Waals surface area contributed by atoms with Gasteiger partial charge in [-0.2, -0.15) is 0 Å². The van der Waals surface area contributed by atoms with Crippen molar-refractivity contribution in [2.45, 2.75) is 24.7 Å². The molecule has 2 aromatic rings. The maximum atomic E-state index is 13.6. The predicted octanol–water partition coefficient (Wildman–Crippen LogP) is 3.59. The van der Waals surface area contributed by atoms with Gasteiger partial charge in [-0.15, -0.1) is 0 Å². The summed E-state index contributed by atoms with van der Waals surface area (Å²) in [5, 5.41) is 11.9. The Balaban J connectivity index is 1.87. The van der Waals surface area contributed by atoms with Crippen LogP contribution in [-0.2, 0) is 10.2 Å². The molecule has 5 nitrogen and oxygen atoms in total. The molecular weight excluding hydrogens is 325 g/mol. The van der Waals surface area contributed by atoms with Gasteiger partial charge in [0, 0.05) is 11.8 Å². The number of amides is 1. The van der Waals surface area contributed by atoms with Gasteiger partial charge >= 0.3 is 5.97 Å². The van der Waals surface area contributed by atoms with E-state index in [1.165, 1.54) is 37.4 Å². The van der Waals surface area contributed by atoms with Gasteiger partial charge in [0.1, 0.15) is 17.1 Å². The van der Waals surface area contributed by atoms with Crippen molar-refractivity contribution in [3.63, 3.8) is 0 Å². The van der Waals surface area contributed by atoms with Gasteiger partial charge in [0.05, 0.1) is 12.5 Å².